The maximum atomic E-state index is 14.3. The molecule has 30 heavy (non-hydrogen) atoms. The number of sulfonamides is 1. The van der Waals surface area contributed by atoms with Gasteiger partial charge in [0.1, 0.15) is 11.9 Å². The van der Waals surface area contributed by atoms with Gasteiger partial charge in [-0.25, -0.2) is 21.2 Å². The second-order valence-electron chi connectivity index (χ2n) is 7.01. The molecule has 0 spiro atoms. The number of hydrogen-bond donors (Lipinski definition) is 1. The molecule has 0 fully saturated rings. The summed E-state index contributed by atoms with van der Waals surface area (Å²) in [5.41, 5.74) is 0.439. The third kappa shape index (κ3) is 5.57. The van der Waals surface area contributed by atoms with Crippen LogP contribution in [-0.4, -0.2) is 41.3 Å². The van der Waals surface area contributed by atoms with E-state index in [0.717, 1.165) is 22.9 Å². The molecule has 0 bridgehead atoms. The number of rotatable bonds is 8. The largest absolute Gasteiger partial charge is 0.348 e. The zero-order valence-corrected chi connectivity index (χ0v) is 18.8. The van der Waals surface area contributed by atoms with Gasteiger partial charge in [0, 0.05) is 6.26 Å². The molecule has 0 aliphatic rings. The van der Waals surface area contributed by atoms with E-state index in [1.807, 2.05) is 0 Å². The number of halogens is 1. The Morgan fingerprint density at radius 2 is 1.60 bits per heavy atom. The van der Waals surface area contributed by atoms with E-state index in [1.54, 1.807) is 26.0 Å². The van der Waals surface area contributed by atoms with Crippen LogP contribution in [0, 0.1) is 5.82 Å². The van der Waals surface area contributed by atoms with Crippen molar-refractivity contribution in [1.29, 1.82) is 0 Å². The monoisotopic (exact) mass is 456 g/mol. The Bertz CT molecular complexity index is 1120. The minimum Gasteiger partial charge on any atom is -0.348 e. The standard InChI is InChI=1S/C20H25FN2O5S2/c1-5-18(23(30(4,27)28)19-9-7-6-8-17(19)21)20(24)22-14(2)15-10-12-16(13-11-15)29(3,25)26/h6-14,18H,5H2,1-4H3,(H,22,24)/t14-,18-/m1/s1. The van der Waals surface area contributed by atoms with Crippen LogP contribution >= 0.6 is 0 Å². The van der Waals surface area contributed by atoms with Gasteiger partial charge < -0.3 is 5.32 Å². The minimum atomic E-state index is -3.95. The van der Waals surface area contributed by atoms with Gasteiger partial charge in [0.05, 0.1) is 22.9 Å². The highest BCUT2D eigenvalue weighted by molar-refractivity contribution is 7.92. The van der Waals surface area contributed by atoms with Gasteiger partial charge in [0.15, 0.2) is 9.84 Å². The van der Waals surface area contributed by atoms with E-state index in [1.165, 1.54) is 30.3 Å². The number of nitrogens with zero attached hydrogens (tertiary/aromatic N) is 1. The van der Waals surface area contributed by atoms with Crippen LogP contribution in [0.5, 0.6) is 0 Å². The number of para-hydroxylation sites is 1. The van der Waals surface area contributed by atoms with Crippen molar-refractivity contribution >= 4 is 31.5 Å². The topological polar surface area (TPSA) is 101 Å². The summed E-state index contributed by atoms with van der Waals surface area (Å²) in [6, 6.07) is 9.71. The molecule has 1 amide bonds. The summed E-state index contributed by atoms with van der Waals surface area (Å²) < 4.78 is 63.1. The highest BCUT2D eigenvalue weighted by Gasteiger charge is 2.33. The van der Waals surface area contributed by atoms with Crippen molar-refractivity contribution in [3.05, 3.63) is 59.9 Å². The maximum Gasteiger partial charge on any atom is 0.244 e. The first-order valence-electron chi connectivity index (χ1n) is 9.20. The Kier molecular flexibility index (Phi) is 7.25. The zero-order chi connectivity index (χ0) is 22.7. The van der Waals surface area contributed by atoms with Gasteiger partial charge in [0.2, 0.25) is 15.9 Å². The fraction of sp³-hybridized carbons (Fsp3) is 0.350. The highest BCUT2D eigenvalue weighted by Crippen LogP contribution is 2.26. The first kappa shape index (κ1) is 23.8. The Balaban J connectivity index is 2.31. The van der Waals surface area contributed by atoms with Crippen LogP contribution in [0.4, 0.5) is 10.1 Å². The zero-order valence-electron chi connectivity index (χ0n) is 17.2. The Morgan fingerprint density at radius 1 is 1.03 bits per heavy atom. The van der Waals surface area contributed by atoms with Crippen LogP contribution < -0.4 is 9.62 Å². The summed E-state index contributed by atoms with van der Waals surface area (Å²) in [4.78, 5) is 13.1. The molecule has 0 aliphatic heterocycles. The summed E-state index contributed by atoms with van der Waals surface area (Å²) >= 11 is 0. The van der Waals surface area contributed by atoms with Gasteiger partial charge in [-0.05, 0) is 43.2 Å². The summed E-state index contributed by atoms with van der Waals surface area (Å²) in [5.74, 6) is -1.34. The summed E-state index contributed by atoms with van der Waals surface area (Å²) in [6.45, 7) is 3.32. The van der Waals surface area contributed by atoms with E-state index < -0.39 is 43.7 Å². The molecule has 2 atom stereocenters. The quantitative estimate of drug-likeness (QED) is 0.658. The molecular weight excluding hydrogens is 431 g/mol. The second kappa shape index (κ2) is 9.13. The molecule has 0 saturated heterocycles. The number of carbonyl (C=O) groups is 1. The van der Waals surface area contributed by atoms with Gasteiger partial charge in [-0.2, -0.15) is 0 Å². The molecule has 0 unspecified atom stereocenters. The average molecular weight is 457 g/mol. The smallest absolute Gasteiger partial charge is 0.244 e. The van der Waals surface area contributed by atoms with Crippen LogP contribution in [0.15, 0.2) is 53.4 Å². The Labute approximate surface area is 176 Å². The van der Waals surface area contributed by atoms with E-state index in [-0.39, 0.29) is 17.0 Å². The summed E-state index contributed by atoms with van der Waals surface area (Å²) in [6.07, 6.45) is 2.14. The third-order valence-corrected chi connectivity index (χ3v) is 6.88. The fourth-order valence-electron chi connectivity index (χ4n) is 3.06. The van der Waals surface area contributed by atoms with Crippen molar-refractivity contribution in [1.82, 2.24) is 5.32 Å². The van der Waals surface area contributed by atoms with E-state index >= 15 is 0 Å². The lowest BCUT2D eigenvalue weighted by molar-refractivity contribution is -0.122. The molecule has 1 N–H and O–H groups in total. The molecule has 164 valence electrons. The molecule has 0 aliphatic carbocycles. The van der Waals surface area contributed by atoms with Crippen molar-refractivity contribution in [2.45, 2.75) is 37.2 Å². The van der Waals surface area contributed by atoms with Gasteiger partial charge in [-0.3, -0.25) is 9.10 Å². The highest BCUT2D eigenvalue weighted by atomic mass is 32.2. The lowest BCUT2D eigenvalue weighted by Gasteiger charge is -2.31. The number of benzene rings is 2. The number of carbonyl (C=O) groups excluding carboxylic acids is 1. The average Bonchev–Trinajstić information content (AvgIpc) is 2.65. The molecule has 0 radical (unpaired) electrons. The number of anilines is 1. The third-order valence-electron chi connectivity index (χ3n) is 4.59. The number of hydrogen-bond acceptors (Lipinski definition) is 5. The molecule has 2 aromatic rings. The summed E-state index contributed by atoms with van der Waals surface area (Å²) in [5, 5.41) is 2.73. The number of sulfone groups is 1. The molecule has 0 aromatic heterocycles. The van der Waals surface area contributed by atoms with Crippen LogP contribution in [0.25, 0.3) is 0 Å². The minimum absolute atomic E-state index is 0.118. The van der Waals surface area contributed by atoms with Gasteiger partial charge in [-0.15, -0.1) is 0 Å². The number of amides is 1. The molecule has 0 saturated carbocycles. The molecule has 7 nitrogen and oxygen atoms in total. The molecule has 10 heteroatoms. The van der Waals surface area contributed by atoms with Crippen LogP contribution in [0.2, 0.25) is 0 Å². The Hall–Kier alpha value is -2.46. The van der Waals surface area contributed by atoms with E-state index in [2.05, 4.69) is 5.32 Å². The maximum absolute atomic E-state index is 14.3. The van der Waals surface area contributed by atoms with Crippen LogP contribution in [0.3, 0.4) is 0 Å². The van der Waals surface area contributed by atoms with E-state index in [9.17, 15) is 26.0 Å². The molecular formula is C20H25FN2O5S2. The predicted octanol–water partition coefficient (Wildman–Crippen LogP) is 2.65. The predicted molar refractivity (Wildman–Crippen MR) is 114 cm³/mol. The lowest BCUT2D eigenvalue weighted by atomic mass is 10.1. The Morgan fingerprint density at radius 3 is 2.07 bits per heavy atom. The molecule has 2 rings (SSSR count). The van der Waals surface area contributed by atoms with E-state index in [4.69, 9.17) is 0 Å². The second-order valence-corrected chi connectivity index (χ2v) is 10.9. The van der Waals surface area contributed by atoms with Gasteiger partial charge in [0.25, 0.3) is 0 Å². The molecule has 2 aromatic carbocycles. The summed E-state index contributed by atoms with van der Waals surface area (Å²) in [7, 11) is -7.30. The van der Waals surface area contributed by atoms with Gasteiger partial charge in [-0.1, -0.05) is 31.2 Å². The number of nitrogens with one attached hydrogen (secondary N) is 1. The first-order chi connectivity index (χ1) is 13.9. The first-order valence-corrected chi connectivity index (χ1v) is 12.9. The van der Waals surface area contributed by atoms with Crippen molar-refractivity contribution in [3.8, 4) is 0 Å². The van der Waals surface area contributed by atoms with Crippen LogP contribution in [0.1, 0.15) is 31.9 Å². The SMILES string of the molecule is CC[C@H](C(=O)N[C@H](C)c1ccc(S(C)(=O)=O)cc1)N(c1ccccc1F)S(C)(=O)=O. The normalized spacial score (nSPS) is 14.0. The molecule has 0 heterocycles. The van der Waals surface area contributed by atoms with E-state index in [0.29, 0.717) is 5.56 Å². The van der Waals surface area contributed by atoms with Crippen molar-refractivity contribution in [2.24, 2.45) is 0 Å². The van der Waals surface area contributed by atoms with Crippen molar-refractivity contribution < 1.29 is 26.0 Å². The van der Waals surface area contributed by atoms with Gasteiger partial charge >= 0.3 is 0 Å². The van der Waals surface area contributed by atoms with Crippen LogP contribution in [-0.2, 0) is 24.7 Å². The lowest BCUT2D eigenvalue weighted by Crippen LogP contribution is -2.50. The van der Waals surface area contributed by atoms with Crippen molar-refractivity contribution in [2.75, 3.05) is 16.8 Å². The fourth-order valence-corrected chi connectivity index (χ4v) is 4.91. The van der Waals surface area contributed by atoms with Crippen molar-refractivity contribution in [3.63, 3.8) is 0 Å².